The van der Waals surface area contributed by atoms with E-state index in [0.29, 0.717) is 5.56 Å². The second-order valence-corrected chi connectivity index (χ2v) is 3.17. The van der Waals surface area contributed by atoms with Gasteiger partial charge in [-0.15, -0.1) is 0 Å². The van der Waals surface area contributed by atoms with Crippen LogP contribution in [0.15, 0.2) is 18.3 Å². The van der Waals surface area contributed by atoms with Crippen LogP contribution in [0.2, 0.25) is 5.02 Å². The highest BCUT2D eigenvalue weighted by atomic mass is 35.5. The third-order valence-corrected chi connectivity index (χ3v) is 1.97. The molecule has 0 saturated heterocycles. The van der Waals surface area contributed by atoms with Crippen LogP contribution in [0.1, 0.15) is 16.1 Å². The number of hydrogen-bond donors (Lipinski definition) is 1. The van der Waals surface area contributed by atoms with Crippen molar-refractivity contribution < 1.29 is 19.4 Å². The Balaban J connectivity index is 2.94. The summed E-state index contributed by atoms with van der Waals surface area (Å²) >= 11 is 5.68. The van der Waals surface area contributed by atoms with Crippen molar-refractivity contribution in [2.24, 2.45) is 0 Å². The Morgan fingerprint density at radius 2 is 2.25 bits per heavy atom. The zero-order chi connectivity index (χ0) is 12.1. The van der Waals surface area contributed by atoms with Crippen LogP contribution in [-0.2, 0) is 9.53 Å². The van der Waals surface area contributed by atoms with Gasteiger partial charge in [-0.1, -0.05) is 11.6 Å². The van der Waals surface area contributed by atoms with Crippen LogP contribution in [0.5, 0.6) is 0 Å². The van der Waals surface area contributed by atoms with Crippen molar-refractivity contribution in [1.82, 2.24) is 4.98 Å². The number of carboxylic acid groups (broad SMARTS) is 1. The minimum atomic E-state index is -1.20. The second kappa shape index (κ2) is 5.27. The van der Waals surface area contributed by atoms with Gasteiger partial charge in [-0.3, -0.25) is 0 Å². The van der Waals surface area contributed by atoms with Gasteiger partial charge in [0.05, 0.1) is 12.1 Å². The number of carbonyl (C=O) groups is 2. The zero-order valence-electron chi connectivity index (χ0n) is 8.31. The van der Waals surface area contributed by atoms with Gasteiger partial charge in [-0.05, 0) is 17.7 Å². The molecule has 0 saturated carbocycles. The molecule has 1 heterocycles. The molecule has 0 aliphatic heterocycles. The summed E-state index contributed by atoms with van der Waals surface area (Å²) in [5.41, 5.74) is 0.289. The molecule has 84 valence electrons. The molecular weight excluding hydrogens is 234 g/mol. The number of halogens is 1. The lowest BCUT2D eigenvalue weighted by Gasteiger charge is -1.98. The van der Waals surface area contributed by atoms with Crippen LogP contribution < -0.4 is 0 Å². The molecule has 16 heavy (non-hydrogen) atoms. The van der Waals surface area contributed by atoms with Gasteiger partial charge in [-0.25, -0.2) is 14.6 Å². The fourth-order valence-electron chi connectivity index (χ4n) is 0.934. The first-order valence-electron chi connectivity index (χ1n) is 4.19. The SMILES string of the molecule is COC(=O)C=Cc1cnc(C(=O)O)c(Cl)c1. The number of carboxylic acids is 1. The molecule has 0 radical (unpaired) electrons. The molecule has 0 amide bonds. The molecule has 0 aliphatic carbocycles. The highest BCUT2D eigenvalue weighted by Gasteiger charge is 2.09. The number of rotatable bonds is 3. The Kier molecular flexibility index (Phi) is 4.02. The van der Waals surface area contributed by atoms with Crippen LogP contribution in [0.4, 0.5) is 0 Å². The Hall–Kier alpha value is -1.88. The maximum absolute atomic E-state index is 10.8. The number of hydrogen-bond acceptors (Lipinski definition) is 4. The van der Waals surface area contributed by atoms with Crippen LogP contribution in [0.25, 0.3) is 6.08 Å². The normalized spacial score (nSPS) is 10.4. The predicted molar refractivity (Wildman–Crippen MR) is 57.3 cm³/mol. The van der Waals surface area contributed by atoms with Crippen molar-refractivity contribution in [3.63, 3.8) is 0 Å². The highest BCUT2D eigenvalue weighted by Crippen LogP contribution is 2.16. The first-order valence-corrected chi connectivity index (χ1v) is 4.57. The summed E-state index contributed by atoms with van der Waals surface area (Å²) in [5.74, 6) is -1.72. The van der Waals surface area contributed by atoms with Gasteiger partial charge in [0.2, 0.25) is 0 Å². The number of pyridine rings is 1. The Morgan fingerprint density at radius 3 is 2.75 bits per heavy atom. The molecule has 1 aromatic heterocycles. The maximum atomic E-state index is 10.8. The van der Waals surface area contributed by atoms with Gasteiger partial charge in [0, 0.05) is 12.3 Å². The van der Waals surface area contributed by atoms with Gasteiger partial charge < -0.3 is 9.84 Å². The quantitative estimate of drug-likeness (QED) is 0.643. The van der Waals surface area contributed by atoms with E-state index in [1.807, 2.05) is 0 Å². The molecule has 0 bridgehead atoms. The third kappa shape index (κ3) is 3.06. The Bertz CT molecular complexity index is 456. The van der Waals surface area contributed by atoms with Crippen molar-refractivity contribution in [2.75, 3.05) is 7.11 Å². The van der Waals surface area contributed by atoms with E-state index in [4.69, 9.17) is 16.7 Å². The van der Waals surface area contributed by atoms with E-state index < -0.39 is 11.9 Å². The van der Waals surface area contributed by atoms with E-state index in [-0.39, 0.29) is 10.7 Å². The lowest BCUT2D eigenvalue weighted by Crippen LogP contribution is -2.01. The van der Waals surface area contributed by atoms with Gasteiger partial charge in [0.1, 0.15) is 0 Å². The molecule has 6 heteroatoms. The van der Waals surface area contributed by atoms with Gasteiger partial charge in [-0.2, -0.15) is 0 Å². The summed E-state index contributed by atoms with van der Waals surface area (Å²) in [6.45, 7) is 0. The number of methoxy groups -OCH3 is 1. The average molecular weight is 242 g/mol. The molecular formula is C10H8ClNO4. The van der Waals surface area contributed by atoms with Crippen molar-refractivity contribution in [3.05, 3.63) is 34.6 Å². The number of nitrogens with zero attached hydrogens (tertiary/aromatic N) is 1. The molecule has 1 N–H and O–H groups in total. The van der Waals surface area contributed by atoms with E-state index in [0.717, 1.165) is 0 Å². The number of ether oxygens (including phenoxy) is 1. The number of carbonyl (C=O) groups excluding carboxylic acids is 1. The number of aromatic carboxylic acids is 1. The zero-order valence-corrected chi connectivity index (χ0v) is 9.06. The van der Waals surface area contributed by atoms with E-state index in [9.17, 15) is 9.59 Å². The summed E-state index contributed by atoms with van der Waals surface area (Å²) in [6, 6.07) is 1.40. The summed E-state index contributed by atoms with van der Waals surface area (Å²) < 4.78 is 4.39. The van der Waals surface area contributed by atoms with Crippen LogP contribution in [-0.4, -0.2) is 29.1 Å². The van der Waals surface area contributed by atoms with E-state index in [1.165, 1.54) is 31.5 Å². The van der Waals surface area contributed by atoms with Crippen molar-refractivity contribution in [1.29, 1.82) is 0 Å². The molecule has 1 rings (SSSR count). The van der Waals surface area contributed by atoms with E-state index >= 15 is 0 Å². The smallest absolute Gasteiger partial charge is 0.356 e. The average Bonchev–Trinajstić information content (AvgIpc) is 2.25. The maximum Gasteiger partial charge on any atom is 0.356 e. The van der Waals surface area contributed by atoms with E-state index in [2.05, 4.69) is 9.72 Å². The molecule has 0 atom stereocenters. The lowest BCUT2D eigenvalue weighted by molar-refractivity contribution is -0.134. The topological polar surface area (TPSA) is 76.5 Å². The van der Waals surface area contributed by atoms with E-state index in [1.54, 1.807) is 0 Å². The third-order valence-electron chi connectivity index (χ3n) is 1.68. The van der Waals surface area contributed by atoms with Crippen LogP contribution in [0, 0.1) is 0 Å². The highest BCUT2D eigenvalue weighted by molar-refractivity contribution is 6.33. The summed E-state index contributed by atoms with van der Waals surface area (Å²) in [5, 5.41) is 8.69. The van der Waals surface area contributed by atoms with Gasteiger partial charge in [0.15, 0.2) is 5.69 Å². The fourth-order valence-corrected chi connectivity index (χ4v) is 1.19. The molecule has 0 unspecified atom stereocenters. The Morgan fingerprint density at radius 1 is 1.56 bits per heavy atom. The van der Waals surface area contributed by atoms with Crippen molar-refractivity contribution in [3.8, 4) is 0 Å². The van der Waals surface area contributed by atoms with Crippen LogP contribution >= 0.6 is 11.6 Å². The van der Waals surface area contributed by atoms with Gasteiger partial charge >= 0.3 is 11.9 Å². The minimum absolute atomic E-state index is 0.0134. The van der Waals surface area contributed by atoms with Gasteiger partial charge in [0.25, 0.3) is 0 Å². The van der Waals surface area contributed by atoms with Crippen LogP contribution in [0.3, 0.4) is 0 Å². The minimum Gasteiger partial charge on any atom is -0.476 e. The molecule has 0 spiro atoms. The standard InChI is InChI=1S/C10H8ClNO4/c1-16-8(13)3-2-6-4-7(11)9(10(14)15)12-5-6/h2-5H,1H3,(H,14,15). The Labute approximate surface area is 96.3 Å². The molecule has 5 nitrogen and oxygen atoms in total. The number of esters is 1. The molecule has 0 aliphatic rings. The largest absolute Gasteiger partial charge is 0.476 e. The monoisotopic (exact) mass is 241 g/mol. The predicted octanol–water partition coefficient (Wildman–Crippen LogP) is 1.62. The fraction of sp³-hybridized carbons (Fsp3) is 0.100. The first-order chi connectivity index (χ1) is 7.54. The molecule has 0 aromatic carbocycles. The van der Waals surface area contributed by atoms with Crippen molar-refractivity contribution in [2.45, 2.75) is 0 Å². The molecule has 0 fully saturated rings. The molecule has 1 aromatic rings. The summed E-state index contributed by atoms with van der Waals surface area (Å²) in [7, 11) is 1.26. The summed E-state index contributed by atoms with van der Waals surface area (Å²) in [6.07, 6.45) is 3.92. The lowest BCUT2D eigenvalue weighted by atomic mass is 10.2. The summed E-state index contributed by atoms with van der Waals surface area (Å²) in [4.78, 5) is 25.0. The van der Waals surface area contributed by atoms with Crippen molar-refractivity contribution >= 4 is 29.6 Å². The first kappa shape index (κ1) is 12.2. The number of aromatic nitrogens is 1. The second-order valence-electron chi connectivity index (χ2n) is 2.76.